The summed E-state index contributed by atoms with van der Waals surface area (Å²) in [7, 11) is 3.00. The van der Waals surface area contributed by atoms with Gasteiger partial charge in [-0.1, -0.05) is 0 Å². The van der Waals surface area contributed by atoms with Crippen LogP contribution in [0.15, 0.2) is 12.1 Å². The van der Waals surface area contributed by atoms with Crippen LogP contribution < -0.4 is 9.47 Å². The Balaban J connectivity index is 2.60. The van der Waals surface area contributed by atoms with Crippen LogP contribution in [0.1, 0.15) is 37.3 Å². The van der Waals surface area contributed by atoms with E-state index < -0.39 is 23.8 Å². The summed E-state index contributed by atoms with van der Waals surface area (Å²) in [4.78, 5) is 37.7. The molecule has 0 bridgehead atoms. The number of ether oxygens (including phenoxy) is 4. The van der Waals surface area contributed by atoms with Crippen LogP contribution in [-0.2, 0) is 30.3 Å². The number of esters is 2. The van der Waals surface area contributed by atoms with Crippen LogP contribution >= 0.6 is 0 Å². The predicted octanol–water partition coefficient (Wildman–Crippen LogP) is 2.05. The van der Waals surface area contributed by atoms with E-state index in [-0.39, 0.29) is 25.4 Å². The molecular formula is C19H24O7. The highest BCUT2D eigenvalue weighted by Gasteiger charge is 2.46. The first-order valence-corrected chi connectivity index (χ1v) is 8.59. The van der Waals surface area contributed by atoms with E-state index in [1.54, 1.807) is 26.0 Å². The average Bonchev–Trinajstić information content (AvgIpc) is 2.63. The molecule has 1 aliphatic rings. The van der Waals surface area contributed by atoms with E-state index in [0.29, 0.717) is 23.5 Å². The molecule has 1 atom stereocenters. The number of hydrogen-bond acceptors (Lipinski definition) is 7. The van der Waals surface area contributed by atoms with Crippen LogP contribution in [0.3, 0.4) is 0 Å². The number of carbonyl (C=O) groups excluding carboxylic acids is 3. The fourth-order valence-electron chi connectivity index (χ4n) is 3.26. The van der Waals surface area contributed by atoms with Gasteiger partial charge in [-0.15, -0.1) is 0 Å². The van der Waals surface area contributed by atoms with Gasteiger partial charge in [-0.05, 0) is 31.9 Å². The van der Waals surface area contributed by atoms with E-state index in [1.807, 2.05) is 0 Å². The zero-order chi connectivity index (χ0) is 19.3. The van der Waals surface area contributed by atoms with E-state index in [2.05, 4.69) is 0 Å². The Hall–Kier alpha value is -2.57. The minimum Gasteiger partial charge on any atom is -0.497 e. The summed E-state index contributed by atoms with van der Waals surface area (Å²) in [6, 6.07) is 3.43. The smallest absolute Gasteiger partial charge is 0.321 e. The van der Waals surface area contributed by atoms with Crippen molar-refractivity contribution in [1.29, 1.82) is 0 Å². The molecule has 0 unspecified atom stereocenters. The van der Waals surface area contributed by atoms with Crippen molar-refractivity contribution in [3.05, 3.63) is 23.3 Å². The molecule has 0 N–H and O–H groups in total. The molecule has 2 rings (SSSR count). The van der Waals surface area contributed by atoms with E-state index in [0.717, 1.165) is 5.56 Å². The van der Waals surface area contributed by atoms with Crippen molar-refractivity contribution in [1.82, 2.24) is 0 Å². The second kappa shape index (κ2) is 8.69. The number of Topliss-reactive ketones (excluding diaryl/α,β-unsaturated/α-hetero) is 1. The normalized spacial score (nSPS) is 16.0. The summed E-state index contributed by atoms with van der Waals surface area (Å²) in [5, 5.41) is 0. The largest absolute Gasteiger partial charge is 0.497 e. The molecule has 0 radical (unpaired) electrons. The van der Waals surface area contributed by atoms with Crippen LogP contribution in [0.2, 0.25) is 0 Å². The standard InChI is InChI=1S/C19H24O7/c1-5-25-18(21)17(19(22)26-6-2)16-13(20)8-7-11-9-12(23-3)10-14(24-4)15(11)16/h9-10,16-17H,5-8H2,1-4H3/t16-/m1/s1. The van der Waals surface area contributed by atoms with Gasteiger partial charge < -0.3 is 18.9 Å². The third kappa shape index (κ3) is 3.81. The molecule has 0 spiro atoms. The van der Waals surface area contributed by atoms with Gasteiger partial charge in [-0.2, -0.15) is 0 Å². The molecule has 0 amide bonds. The van der Waals surface area contributed by atoms with E-state index in [4.69, 9.17) is 18.9 Å². The lowest BCUT2D eigenvalue weighted by molar-refractivity contribution is -0.164. The van der Waals surface area contributed by atoms with Crippen molar-refractivity contribution >= 4 is 17.7 Å². The van der Waals surface area contributed by atoms with Gasteiger partial charge in [0.05, 0.1) is 33.4 Å². The number of carbonyl (C=O) groups is 3. The van der Waals surface area contributed by atoms with Crippen LogP contribution in [0.25, 0.3) is 0 Å². The maximum Gasteiger partial charge on any atom is 0.321 e. The Morgan fingerprint density at radius 2 is 1.65 bits per heavy atom. The monoisotopic (exact) mass is 364 g/mol. The number of ketones is 1. The summed E-state index contributed by atoms with van der Waals surface area (Å²) in [6.45, 7) is 3.48. The highest BCUT2D eigenvalue weighted by Crippen LogP contribution is 2.43. The highest BCUT2D eigenvalue weighted by molar-refractivity contribution is 6.04. The number of fused-ring (bicyclic) bond motifs is 1. The zero-order valence-corrected chi connectivity index (χ0v) is 15.5. The predicted molar refractivity (Wildman–Crippen MR) is 92.4 cm³/mol. The molecule has 0 fully saturated rings. The molecule has 0 saturated carbocycles. The second-order valence-electron chi connectivity index (χ2n) is 5.83. The van der Waals surface area contributed by atoms with Crippen molar-refractivity contribution in [2.75, 3.05) is 27.4 Å². The van der Waals surface area contributed by atoms with Gasteiger partial charge in [-0.3, -0.25) is 14.4 Å². The number of hydrogen-bond donors (Lipinski definition) is 0. The number of methoxy groups -OCH3 is 2. The molecular weight excluding hydrogens is 340 g/mol. The summed E-state index contributed by atoms with van der Waals surface area (Å²) in [5.74, 6) is -3.13. The van der Waals surface area contributed by atoms with E-state index in [9.17, 15) is 14.4 Å². The first-order valence-electron chi connectivity index (χ1n) is 8.59. The van der Waals surface area contributed by atoms with Crippen molar-refractivity contribution in [2.24, 2.45) is 5.92 Å². The number of aryl methyl sites for hydroxylation is 1. The van der Waals surface area contributed by atoms with Crippen molar-refractivity contribution in [2.45, 2.75) is 32.6 Å². The first-order chi connectivity index (χ1) is 12.5. The van der Waals surface area contributed by atoms with Gasteiger partial charge in [0.25, 0.3) is 0 Å². The van der Waals surface area contributed by atoms with Gasteiger partial charge >= 0.3 is 11.9 Å². The van der Waals surface area contributed by atoms with Crippen LogP contribution in [0.5, 0.6) is 11.5 Å². The Kier molecular flexibility index (Phi) is 6.60. The molecule has 0 aromatic heterocycles. The Bertz CT molecular complexity index is 660. The summed E-state index contributed by atoms with van der Waals surface area (Å²) < 4.78 is 20.8. The minimum absolute atomic E-state index is 0.0995. The lowest BCUT2D eigenvalue weighted by atomic mass is 9.74. The lowest BCUT2D eigenvalue weighted by Gasteiger charge is -2.30. The van der Waals surface area contributed by atoms with E-state index >= 15 is 0 Å². The van der Waals surface area contributed by atoms with Crippen molar-refractivity contribution in [3.63, 3.8) is 0 Å². The third-order valence-electron chi connectivity index (χ3n) is 4.37. The fourth-order valence-corrected chi connectivity index (χ4v) is 3.26. The molecule has 7 heteroatoms. The van der Waals surface area contributed by atoms with E-state index in [1.165, 1.54) is 14.2 Å². The van der Waals surface area contributed by atoms with Crippen LogP contribution in [-0.4, -0.2) is 45.2 Å². The molecule has 0 heterocycles. The van der Waals surface area contributed by atoms with Gasteiger partial charge in [0.2, 0.25) is 0 Å². The molecule has 26 heavy (non-hydrogen) atoms. The van der Waals surface area contributed by atoms with Crippen LogP contribution in [0.4, 0.5) is 0 Å². The Morgan fingerprint density at radius 1 is 1.04 bits per heavy atom. The Labute approximate surface area is 152 Å². The molecule has 142 valence electrons. The molecule has 7 nitrogen and oxygen atoms in total. The molecule has 1 aromatic carbocycles. The molecule has 1 aromatic rings. The third-order valence-corrected chi connectivity index (χ3v) is 4.37. The maximum absolute atomic E-state index is 12.7. The summed E-state index contributed by atoms with van der Waals surface area (Å²) >= 11 is 0. The van der Waals surface area contributed by atoms with Crippen molar-refractivity contribution < 1.29 is 33.3 Å². The van der Waals surface area contributed by atoms with Gasteiger partial charge in [-0.25, -0.2) is 0 Å². The quantitative estimate of drug-likeness (QED) is 0.540. The minimum atomic E-state index is -1.36. The van der Waals surface area contributed by atoms with Crippen molar-refractivity contribution in [3.8, 4) is 11.5 Å². The maximum atomic E-state index is 12.7. The zero-order valence-electron chi connectivity index (χ0n) is 15.5. The number of rotatable bonds is 7. The Morgan fingerprint density at radius 3 is 2.15 bits per heavy atom. The topological polar surface area (TPSA) is 88.1 Å². The first kappa shape index (κ1) is 19.8. The summed E-state index contributed by atoms with van der Waals surface area (Å²) in [6.07, 6.45) is 0.694. The molecule has 0 saturated heterocycles. The summed E-state index contributed by atoms with van der Waals surface area (Å²) in [5.41, 5.74) is 1.33. The second-order valence-corrected chi connectivity index (χ2v) is 5.83. The SMILES string of the molecule is CCOC(=O)C(C(=O)OCC)[C@@H]1C(=O)CCc2cc(OC)cc(OC)c21. The highest BCUT2D eigenvalue weighted by atomic mass is 16.6. The molecule has 0 aliphatic heterocycles. The molecule has 1 aliphatic carbocycles. The van der Waals surface area contributed by atoms with Crippen LogP contribution in [0, 0.1) is 5.92 Å². The van der Waals surface area contributed by atoms with Gasteiger partial charge in [0.1, 0.15) is 17.3 Å². The van der Waals surface area contributed by atoms with Gasteiger partial charge in [0.15, 0.2) is 5.92 Å². The average molecular weight is 364 g/mol. The number of benzene rings is 1. The fraction of sp³-hybridized carbons (Fsp3) is 0.526. The lowest BCUT2D eigenvalue weighted by Crippen LogP contribution is -2.39. The van der Waals surface area contributed by atoms with Gasteiger partial charge in [0, 0.05) is 18.1 Å².